The summed E-state index contributed by atoms with van der Waals surface area (Å²) in [6.45, 7) is 1.77. The third-order valence-electron chi connectivity index (χ3n) is 2.96. The molecule has 2 aromatic rings. The molecular formula is C14H14BrClN2O2S. The lowest BCUT2D eigenvalue weighted by Gasteiger charge is -2.16. The van der Waals surface area contributed by atoms with Crippen molar-refractivity contribution in [1.29, 1.82) is 0 Å². The topological polar surface area (TPSA) is 72.2 Å². The number of hydrogen-bond donors (Lipinski definition) is 2. The maximum Gasteiger partial charge on any atom is 0.243 e. The molecule has 0 aromatic heterocycles. The van der Waals surface area contributed by atoms with Gasteiger partial charge in [0.2, 0.25) is 10.0 Å². The molecule has 3 N–H and O–H groups in total. The van der Waals surface area contributed by atoms with Crippen LogP contribution in [-0.2, 0) is 10.0 Å². The lowest BCUT2D eigenvalue weighted by atomic mass is 10.1. The predicted molar refractivity (Wildman–Crippen MR) is 88.7 cm³/mol. The highest BCUT2D eigenvalue weighted by Crippen LogP contribution is 2.24. The molecule has 0 saturated heterocycles. The summed E-state index contributed by atoms with van der Waals surface area (Å²) >= 11 is 9.13. The van der Waals surface area contributed by atoms with Crippen molar-refractivity contribution >= 4 is 43.2 Å². The number of nitrogens with one attached hydrogen (secondary N) is 1. The molecule has 0 heterocycles. The van der Waals surface area contributed by atoms with Gasteiger partial charge in [0, 0.05) is 15.5 Å². The molecule has 0 aliphatic heterocycles. The second kappa shape index (κ2) is 6.36. The molecule has 2 aromatic carbocycles. The van der Waals surface area contributed by atoms with Gasteiger partial charge in [-0.15, -0.1) is 0 Å². The number of nitrogens with two attached hydrogens (primary N) is 1. The summed E-state index contributed by atoms with van der Waals surface area (Å²) in [6, 6.07) is 11.3. The number of sulfonamides is 1. The maximum atomic E-state index is 12.4. The van der Waals surface area contributed by atoms with Gasteiger partial charge in [0.15, 0.2) is 0 Å². The highest BCUT2D eigenvalue weighted by molar-refractivity contribution is 9.10. The number of benzene rings is 2. The van der Waals surface area contributed by atoms with Crippen LogP contribution in [0.1, 0.15) is 18.5 Å². The Hall–Kier alpha value is -1.08. The molecule has 0 amide bonds. The Labute approximate surface area is 137 Å². The standard InChI is InChI=1S/C14H14BrClN2O2S/c1-9(10-2-4-11(15)5-3-10)18-21(19,20)14-7-6-12(16)8-13(14)17/h2-9,18H,17H2,1H3/t9-/m0/s1. The van der Waals surface area contributed by atoms with Crippen molar-refractivity contribution in [1.82, 2.24) is 4.72 Å². The van der Waals surface area contributed by atoms with Gasteiger partial charge in [0.1, 0.15) is 4.90 Å². The third-order valence-corrected chi connectivity index (χ3v) is 5.34. The van der Waals surface area contributed by atoms with E-state index in [0.717, 1.165) is 10.0 Å². The number of halogens is 2. The van der Waals surface area contributed by atoms with E-state index in [2.05, 4.69) is 20.7 Å². The highest BCUT2D eigenvalue weighted by Gasteiger charge is 2.20. The number of rotatable bonds is 4. The van der Waals surface area contributed by atoms with E-state index in [0.29, 0.717) is 5.02 Å². The average Bonchev–Trinajstić information content (AvgIpc) is 2.38. The largest absolute Gasteiger partial charge is 0.398 e. The molecule has 21 heavy (non-hydrogen) atoms. The van der Waals surface area contributed by atoms with E-state index < -0.39 is 10.0 Å². The van der Waals surface area contributed by atoms with Gasteiger partial charge < -0.3 is 5.73 Å². The van der Waals surface area contributed by atoms with Crippen LogP contribution in [-0.4, -0.2) is 8.42 Å². The number of hydrogen-bond acceptors (Lipinski definition) is 3. The number of anilines is 1. The minimum Gasteiger partial charge on any atom is -0.398 e. The molecule has 0 bridgehead atoms. The summed E-state index contributed by atoms with van der Waals surface area (Å²) in [5.74, 6) is 0. The van der Waals surface area contributed by atoms with Crippen LogP contribution in [0.15, 0.2) is 51.8 Å². The lowest BCUT2D eigenvalue weighted by molar-refractivity contribution is 0.567. The van der Waals surface area contributed by atoms with Gasteiger partial charge in [-0.05, 0) is 42.8 Å². The first kappa shape index (κ1) is 16.3. The van der Waals surface area contributed by atoms with E-state index in [1.165, 1.54) is 18.2 Å². The van der Waals surface area contributed by atoms with E-state index in [9.17, 15) is 8.42 Å². The Balaban J connectivity index is 2.26. The van der Waals surface area contributed by atoms with Crippen LogP contribution in [0.2, 0.25) is 5.02 Å². The van der Waals surface area contributed by atoms with Crippen LogP contribution >= 0.6 is 27.5 Å². The van der Waals surface area contributed by atoms with Gasteiger partial charge in [-0.3, -0.25) is 0 Å². The fourth-order valence-electron chi connectivity index (χ4n) is 1.88. The SMILES string of the molecule is C[C@H](NS(=O)(=O)c1ccc(Cl)cc1N)c1ccc(Br)cc1. The zero-order chi connectivity index (χ0) is 15.6. The van der Waals surface area contributed by atoms with Crippen molar-refractivity contribution in [2.75, 3.05) is 5.73 Å². The molecule has 0 spiro atoms. The van der Waals surface area contributed by atoms with E-state index >= 15 is 0 Å². The summed E-state index contributed by atoms with van der Waals surface area (Å²) in [6.07, 6.45) is 0. The van der Waals surface area contributed by atoms with Crippen LogP contribution in [0.5, 0.6) is 0 Å². The van der Waals surface area contributed by atoms with E-state index in [1.807, 2.05) is 24.3 Å². The molecule has 0 unspecified atom stereocenters. The predicted octanol–water partition coefficient (Wildman–Crippen LogP) is 3.72. The Morgan fingerprint density at radius 2 is 1.81 bits per heavy atom. The summed E-state index contributed by atoms with van der Waals surface area (Å²) in [4.78, 5) is 0.0239. The van der Waals surface area contributed by atoms with Gasteiger partial charge >= 0.3 is 0 Å². The summed E-state index contributed by atoms with van der Waals surface area (Å²) in [5.41, 5.74) is 6.71. The van der Waals surface area contributed by atoms with Gasteiger partial charge in [0.25, 0.3) is 0 Å². The highest BCUT2D eigenvalue weighted by atomic mass is 79.9. The average molecular weight is 390 g/mol. The minimum absolute atomic E-state index is 0.0239. The van der Waals surface area contributed by atoms with Gasteiger partial charge in [-0.25, -0.2) is 13.1 Å². The Bertz CT molecular complexity index is 748. The normalized spacial score (nSPS) is 13.1. The Morgan fingerprint density at radius 1 is 1.19 bits per heavy atom. The fraction of sp³-hybridized carbons (Fsp3) is 0.143. The first-order valence-corrected chi connectivity index (χ1v) is 8.78. The quantitative estimate of drug-likeness (QED) is 0.783. The molecule has 4 nitrogen and oxygen atoms in total. The van der Waals surface area contributed by atoms with Crippen LogP contribution in [0.25, 0.3) is 0 Å². The zero-order valence-corrected chi connectivity index (χ0v) is 14.3. The summed E-state index contributed by atoms with van der Waals surface area (Å²) in [7, 11) is -3.71. The van der Waals surface area contributed by atoms with E-state index in [4.69, 9.17) is 17.3 Å². The molecule has 7 heteroatoms. The molecule has 1 atom stereocenters. The molecular weight excluding hydrogens is 376 g/mol. The molecule has 0 aliphatic carbocycles. The van der Waals surface area contributed by atoms with Crippen LogP contribution in [0.4, 0.5) is 5.69 Å². The van der Waals surface area contributed by atoms with Gasteiger partial charge in [-0.2, -0.15) is 0 Å². The fourth-order valence-corrected chi connectivity index (χ4v) is 3.67. The van der Waals surface area contributed by atoms with Gasteiger partial charge in [-0.1, -0.05) is 39.7 Å². The smallest absolute Gasteiger partial charge is 0.243 e. The van der Waals surface area contributed by atoms with Crippen molar-refractivity contribution in [3.8, 4) is 0 Å². The van der Waals surface area contributed by atoms with Crippen LogP contribution in [0, 0.1) is 0 Å². The molecule has 0 saturated carbocycles. The second-order valence-corrected chi connectivity index (χ2v) is 7.61. The van der Waals surface area contributed by atoms with E-state index in [-0.39, 0.29) is 16.6 Å². The molecule has 0 aliphatic rings. The Morgan fingerprint density at radius 3 is 2.38 bits per heavy atom. The molecule has 112 valence electrons. The number of nitrogen functional groups attached to an aromatic ring is 1. The first-order valence-electron chi connectivity index (χ1n) is 6.12. The van der Waals surface area contributed by atoms with Crippen molar-refractivity contribution in [3.63, 3.8) is 0 Å². The summed E-state index contributed by atoms with van der Waals surface area (Å²) in [5, 5.41) is 0.396. The van der Waals surface area contributed by atoms with Crippen molar-refractivity contribution in [2.45, 2.75) is 17.9 Å². The monoisotopic (exact) mass is 388 g/mol. The van der Waals surface area contributed by atoms with Gasteiger partial charge in [0.05, 0.1) is 5.69 Å². The molecule has 2 rings (SSSR count). The second-order valence-electron chi connectivity index (χ2n) is 4.58. The maximum absolute atomic E-state index is 12.4. The van der Waals surface area contributed by atoms with Crippen LogP contribution in [0.3, 0.4) is 0 Å². The third kappa shape index (κ3) is 3.97. The van der Waals surface area contributed by atoms with Crippen LogP contribution < -0.4 is 10.5 Å². The van der Waals surface area contributed by atoms with E-state index in [1.54, 1.807) is 6.92 Å². The summed E-state index contributed by atoms with van der Waals surface area (Å²) < 4.78 is 28.3. The molecule has 0 radical (unpaired) electrons. The van der Waals surface area contributed by atoms with Crippen molar-refractivity contribution in [2.24, 2.45) is 0 Å². The minimum atomic E-state index is -3.71. The first-order chi connectivity index (χ1) is 9.79. The lowest BCUT2D eigenvalue weighted by Crippen LogP contribution is -2.27. The zero-order valence-electron chi connectivity index (χ0n) is 11.2. The van der Waals surface area contributed by atoms with Crippen molar-refractivity contribution < 1.29 is 8.42 Å². The molecule has 0 fully saturated rings. The van der Waals surface area contributed by atoms with Crippen molar-refractivity contribution in [3.05, 3.63) is 57.5 Å². The Kier molecular flexibility index (Phi) is 4.93.